The number of H-pyrrole nitrogens is 1. The summed E-state index contributed by atoms with van der Waals surface area (Å²) in [6.07, 6.45) is 1.24. The van der Waals surface area contributed by atoms with Crippen LogP contribution < -0.4 is 10.9 Å². The lowest BCUT2D eigenvalue weighted by molar-refractivity contribution is 0.600. The van der Waals surface area contributed by atoms with Crippen LogP contribution in [0.5, 0.6) is 0 Å². The molecule has 0 saturated carbocycles. The van der Waals surface area contributed by atoms with E-state index in [1.807, 2.05) is 0 Å². The molecule has 18 heavy (non-hydrogen) atoms. The van der Waals surface area contributed by atoms with Gasteiger partial charge in [-0.25, -0.2) is 9.37 Å². The van der Waals surface area contributed by atoms with E-state index in [-0.39, 0.29) is 22.7 Å². The molecule has 4 nitrogen and oxygen atoms in total. The first-order chi connectivity index (χ1) is 8.59. The van der Waals surface area contributed by atoms with Crippen molar-refractivity contribution in [2.75, 3.05) is 5.32 Å². The molecule has 2 aromatic rings. The highest BCUT2D eigenvalue weighted by molar-refractivity contribution is 6.32. The van der Waals surface area contributed by atoms with Crippen molar-refractivity contribution in [2.45, 2.75) is 13.0 Å². The predicted molar refractivity (Wildman–Crippen MR) is 68.3 cm³/mol. The van der Waals surface area contributed by atoms with Gasteiger partial charge in [-0.05, 0) is 13.0 Å². The minimum absolute atomic E-state index is 0.0410. The molecule has 0 aliphatic carbocycles. The molecule has 1 aromatic heterocycles. The normalized spacial score (nSPS) is 12.2. The van der Waals surface area contributed by atoms with Gasteiger partial charge in [0.25, 0.3) is 5.56 Å². The monoisotopic (exact) mass is 267 g/mol. The van der Waals surface area contributed by atoms with Crippen LogP contribution in [-0.4, -0.2) is 9.97 Å². The number of halogens is 2. The molecule has 2 N–H and O–H groups in total. The van der Waals surface area contributed by atoms with Gasteiger partial charge in [0, 0.05) is 5.56 Å². The molecule has 0 fully saturated rings. The molecule has 1 atom stereocenters. The molecule has 0 amide bonds. The van der Waals surface area contributed by atoms with Gasteiger partial charge >= 0.3 is 0 Å². The summed E-state index contributed by atoms with van der Waals surface area (Å²) in [6.45, 7) is 1.76. The fourth-order valence-corrected chi connectivity index (χ4v) is 1.75. The molecular formula is C12H11ClFN3O. The Labute approximate surface area is 108 Å². The second-order valence-corrected chi connectivity index (χ2v) is 4.16. The maximum absolute atomic E-state index is 13.6. The molecule has 2 rings (SSSR count). The maximum atomic E-state index is 13.6. The molecule has 94 valence electrons. The Morgan fingerprint density at radius 3 is 2.89 bits per heavy atom. The topological polar surface area (TPSA) is 57.8 Å². The fraction of sp³-hybridized carbons (Fsp3) is 0.167. The summed E-state index contributed by atoms with van der Waals surface area (Å²) in [4.78, 5) is 17.5. The Kier molecular flexibility index (Phi) is 3.62. The quantitative estimate of drug-likeness (QED) is 0.899. The Morgan fingerprint density at radius 1 is 1.44 bits per heavy atom. The number of aromatic nitrogens is 2. The molecular weight excluding hydrogens is 257 g/mol. The van der Waals surface area contributed by atoms with Crippen molar-refractivity contribution in [1.29, 1.82) is 0 Å². The minimum Gasteiger partial charge on any atom is -0.362 e. The second kappa shape index (κ2) is 5.18. The first-order valence-corrected chi connectivity index (χ1v) is 5.71. The number of rotatable bonds is 3. The van der Waals surface area contributed by atoms with Gasteiger partial charge in [-0.1, -0.05) is 29.8 Å². The zero-order valence-corrected chi connectivity index (χ0v) is 10.3. The van der Waals surface area contributed by atoms with Gasteiger partial charge in [0.1, 0.15) is 10.8 Å². The highest BCUT2D eigenvalue weighted by Gasteiger charge is 2.13. The molecule has 1 unspecified atom stereocenters. The molecule has 0 bridgehead atoms. The third-order valence-corrected chi connectivity index (χ3v) is 2.87. The number of nitrogens with zero attached hydrogens (tertiary/aromatic N) is 1. The fourth-order valence-electron chi connectivity index (χ4n) is 1.59. The van der Waals surface area contributed by atoms with E-state index in [0.717, 1.165) is 0 Å². The Bertz CT molecular complexity index is 614. The van der Waals surface area contributed by atoms with Gasteiger partial charge in [-0.2, -0.15) is 0 Å². The highest BCUT2D eigenvalue weighted by atomic mass is 35.5. The molecule has 6 heteroatoms. The summed E-state index contributed by atoms with van der Waals surface area (Å²) in [7, 11) is 0. The number of aromatic amines is 1. The summed E-state index contributed by atoms with van der Waals surface area (Å²) < 4.78 is 13.6. The van der Waals surface area contributed by atoms with Crippen molar-refractivity contribution in [1.82, 2.24) is 9.97 Å². The van der Waals surface area contributed by atoms with Crippen molar-refractivity contribution >= 4 is 17.4 Å². The number of benzene rings is 1. The largest absolute Gasteiger partial charge is 0.362 e. The van der Waals surface area contributed by atoms with Crippen molar-refractivity contribution in [2.24, 2.45) is 0 Å². The minimum atomic E-state index is -0.435. The van der Waals surface area contributed by atoms with Crippen molar-refractivity contribution in [3.05, 3.63) is 57.3 Å². The second-order valence-electron chi connectivity index (χ2n) is 3.78. The molecule has 0 saturated heterocycles. The lowest BCUT2D eigenvalue weighted by atomic mass is 10.1. The van der Waals surface area contributed by atoms with E-state index in [1.54, 1.807) is 25.1 Å². The SMILES string of the molecule is CC(Nc1nc[nH]c(=O)c1Cl)c1ccccc1F. The van der Waals surface area contributed by atoms with Gasteiger partial charge in [0.05, 0.1) is 12.4 Å². The number of anilines is 1. The lowest BCUT2D eigenvalue weighted by Crippen LogP contribution is -2.15. The van der Waals surface area contributed by atoms with Gasteiger partial charge in [-0.15, -0.1) is 0 Å². The van der Waals surface area contributed by atoms with E-state index in [1.165, 1.54) is 12.4 Å². The van der Waals surface area contributed by atoms with E-state index in [9.17, 15) is 9.18 Å². The van der Waals surface area contributed by atoms with E-state index < -0.39 is 5.56 Å². The van der Waals surface area contributed by atoms with Gasteiger partial charge < -0.3 is 10.3 Å². The predicted octanol–water partition coefficient (Wildman–Crippen LogP) is 2.74. The highest BCUT2D eigenvalue weighted by Crippen LogP contribution is 2.22. The molecule has 1 heterocycles. The average molecular weight is 268 g/mol. The van der Waals surface area contributed by atoms with Crippen LogP contribution >= 0.6 is 11.6 Å². The van der Waals surface area contributed by atoms with Crippen LogP contribution in [0.15, 0.2) is 35.4 Å². The van der Waals surface area contributed by atoms with Gasteiger partial charge in [-0.3, -0.25) is 4.79 Å². The van der Waals surface area contributed by atoms with Crippen LogP contribution in [0.3, 0.4) is 0 Å². The van der Waals surface area contributed by atoms with Crippen LogP contribution in [-0.2, 0) is 0 Å². The Hall–Kier alpha value is -1.88. The zero-order chi connectivity index (χ0) is 13.1. The summed E-state index contributed by atoms with van der Waals surface area (Å²) in [5.41, 5.74) is 0.0468. The molecule has 1 aromatic carbocycles. The first kappa shape index (κ1) is 12.6. The van der Waals surface area contributed by atoms with Crippen LogP contribution in [0.2, 0.25) is 5.02 Å². The third kappa shape index (κ3) is 2.51. The summed E-state index contributed by atoms with van der Waals surface area (Å²) >= 11 is 5.80. The summed E-state index contributed by atoms with van der Waals surface area (Å²) in [5.74, 6) is -0.0883. The molecule has 0 aliphatic heterocycles. The van der Waals surface area contributed by atoms with Crippen LogP contribution in [0, 0.1) is 5.82 Å². The zero-order valence-electron chi connectivity index (χ0n) is 9.58. The van der Waals surface area contributed by atoms with Gasteiger partial charge in [0.15, 0.2) is 5.82 Å². The summed E-state index contributed by atoms with van der Waals surface area (Å²) in [5, 5.41) is 2.86. The molecule has 0 radical (unpaired) electrons. The number of nitrogens with one attached hydrogen (secondary N) is 2. The number of hydrogen-bond acceptors (Lipinski definition) is 3. The van der Waals surface area contributed by atoms with Crippen molar-refractivity contribution < 1.29 is 4.39 Å². The number of hydrogen-bond donors (Lipinski definition) is 2. The van der Waals surface area contributed by atoms with E-state index in [2.05, 4.69) is 15.3 Å². The smallest absolute Gasteiger partial charge is 0.271 e. The Morgan fingerprint density at radius 2 is 2.17 bits per heavy atom. The first-order valence-electron chi connectivity index (χ1n) is 5.33. The molecule has 0 aliphatic rings. The van der Waals surface area contributed by atoms with E-state index in [0.29, 0.717) is 5.56 Å². The molecule has 0 spiro atoms. The average Bonchev–Trinajstić information content (AvgIpc) is 2.35. The van der Waals surface area contributed by atoms with Crippen LogP contribution in [0.1, 0.15) is 18.5 Å². The third-order valence-electron chi connectivity index (χ3n) is 2.52. The van der Waals surface area contributed by atoms with Crippen molar-refractivity contribution in [3.8, 4) is 0 Å². The maximum Gasteiger partial charge on any atom is 0.271 e. The van der Waals surface area contributed by atoms with E-state index in [4.69, 9.17) is 11.6 Å². The van der Waals surface area contributed by atoms with E-state index >= 15 is 0 Å². The van der Waals surface area contributed by atoms with Crippen LogP contribution in [0.25, 0.3) is 0 Å². The van der Waals surface area contributed by atoms with Gasteiger partial charge in [0.2, 0.25) is 0 Å². The Balaban J connectivity index is 2.27. The standard InChI is InChI=1S/C12H11ClFN3O/c1-7(8-4-2-3-5-9(8)14)17-11-10(13)12(18)16-6-15-11/h2-7H,1H3,(H2,15,16,17,18). The lowest BCUT2D eigenvalue weighted by Gasteiger charge is -2.15. The summed E-state index contributed by atoms with van der Waals surface area (Å²) in [6, 6.07) is 6.04. The van der Waals surface area contributed by atoms with Crippen molar-refractivity contribution in [3.63, 3.8) is 0 Å². The van der Waals surface area contributed by atoms with Crippen LogP contribution in [0.4, 0.5) is 10.2 Å².